The molecular weight excluding hydrogens is 294 g/mol. The molecule has 0 aliphatic rings. The van der Waals surface area contributed by atoms with Crippen LogP contribution in [0.2, 0.25) is 5.02 Å². The molecule has 3 rings (SSSR count). The quantitative estimate of drug-likeness (QED) is 0.684. The van der Waals surface area contributed by atoms with Gasteiger partial charge in [0.05, 0.1) is 16.3 Å². The second-order valence-electron chi connectivity index (χ2n) is 4.26. The lowest BCUT2D eigenvalue weighted by Gasteiger charge is -2.07. The first-order chi connectivity index (χ1) is 9.65. The molecule has 1 heterocycles. The highest BCUT2D eigenvalue weighted by Crippen LogP contribution is 2.29. The van der Waals surface area contributed by atoms with E-state index in [-0.39, 0.29) is 11.7 Å². The minimum atomic E-state index is -0.213. The van der Waals surface area contributed by atoms with Crippen molar-refractivity contribution in [1.29, 1.82) is 0 Å². The van der Waals surface area contributed by atoms with Crippen LogP contribution >= 0.6 is 22.9 Å². The third-order valence-corrected chi connectivity index (χ3v) is 4.20. The number of thiophene rings is 1. The lowest BCUT2D eigenvalue weighted by molar-refractivity contribution is 0.102. The normalized spacial score (nSPS) is 10.7. The molecule has 1 aromatic heterocycles. The third-order valence-electron chi connectivity index (χ3n) is 2.93. The maximum atomic E-state index is 12.3. The summed E-state index contributed by atoms with van der Waals surface area (Å²) < 4.78 is 1.06. The Bertz CT molecular complexity index is 797. The van der Waals surface area contributed by atoms with Crippen LogP contribution in [0, 0.1) is 0 Å². The Kier molecular flexibility index (Phi) is 3.34. The monoisotopic (exact) mass is 303 g/mol. The van der Waals surface area contributed by atoms with Gasteiger partial charge in [-0.3, -0.25) is 4.79 Å². The first kappa shape index (κ1) is 13.0. The van der Waals surface area contributed by atoms with Crippen molar-refractivity contribution in [1.82, 2.24) is 0 Å². The van der Waals surface area contributed by atoms with Gasteiger partial charge >= 0.3 is 0 Å². The number of benzene rings is 2. The van der Waals surface area contributed by atoms with E-state index < -0.39 is 0 Å². The molecule has 0 aliphatic heterocycles. The molecule has 0 radical (unpaired) electrons. The van der Waals surface area contributed by atoms with Gasteiger partial charge in [-0.25, -0.2) is 0 Å². The maximum Gasteiger partial charge on any atom is 0.257 e. The Morgan fingerprint density at radius 2 is 2.00 bits per heavy atom. The number of rotatable bonds is 2. The van der Waals surface area contributed by atoms with Crippen LogP contribution in [0.3, 0.4) is 0 Å². The standard InChI is InChI=1S/C15H10ClNO2S/c16-12-7-9(18)5-6-13(12)17-15(19)11-8-20-14-4-2-1-3-10(11)14/h1-8,18H,(H,17,19). The molecule has 5 heteroatoms. The Balaban J connectivity index is 1.93. The fraction of sp³-hybridized carbons (Fsp3) is 0. The van der Waals surface area contributed by atoms with Crippen molar-refractivity contribution in [2.75, 3.05) is 5.32 Å². The molecular formula is C15H10ClNO2S. The SMILES string of the molecule is O=C(Nc1ccc(O)cc1Cl)c1csc2ccccc12. The summed E-state index contributed by atoms with van der Waals surface area (Å²) >= 11 is 7.51. The Morgan fingerprint density at radius 3 is 2.80 bits per heavy atom. The van der Waals surface area contributed by atoms with Crippen LogP contribution < -0.4 is 5.32 Å². The summed E-state index contributed by atoms with van der Waals surface area (Å²) in [6.07, 6.45) is 0. The highest BCUT2D eigenvalue weighted by molar-refractivity contribution is 7.17. The molecule has 0 saturated carbocycles. The van der Waals surface area contributed by atoms with Crippen LogP contribution in [-0.4, -0.2) is 11.0 Å². The van der Waals surface area contributed by atoms with E-state index in [1.165, 1.54) is 23.5 Å². The van der Waals surface area contributed by atoms with E-state index in [0.29, 0.717) is 16.3 Å². The molecule has 0 spiro atoms. The molecule has 2 N–H and O–H groups in total. The van der Waals surface area contributed by atoms with E-state index in [1.807, 2.05) is 29.6 Å². The van der Waals surface area contributed by atoms with Gasteiger partial charge in [0.1, 0.15) is 5.75 Å². The first-order valence-corrected chi connectivity index (χ1v) is 7.17. The summed E-state index contributed by atoms with van der Waals surface area (Å²) in [5.41, 5.74) is 1.10. The van der Waals surface area contributed by atoms with Gasteiger partial charge in [0.2, 0.25) is 0 Å². The van der Waals surface area contributed by atoms with E-state index in [0.717, 1.165) is 10.1 Å². The van der Waals surface area contributed by atoms with Crippen molar-refractivity contribution < 1.29 is 9.90 Å². The molecule has 2 aromatic carbocycles. The van der Waals surface area contributed by atoms with Crippen molar-refractivity contribution >= 4 is 44.6 Å². The molecule has 20 heavy (non-hydrogen) atoms. The predicted octanol–water partition coefficient (Wildman–Crippen LogP) is 4.51. The van der Waals surface area contributed by atoms with Crippen molar-refractivity contribution in [3.05, 3.63) is 58.4 Å². The molecule has 100 valence electrons. The zero-order valence-corrected chi connectivity index (χ0v) is 11.8. The zero-order valence-electron chi connectivity index (χ0n) is 10.3. The highest BCUT2D eigenvalue weighted by Gasteiger charge is 2.13. The van der Waals surface area contributed by atoms with E-state index in [2.05, 4.69) is 5.32 Å². The molecule has 3 nitrogen and oxygen atoms in total. The minimum Gasteiger partial charge on any atom is -0.508 e. The van der Waals surface area contributed by atoms with Gasteiger partial charge in [0, 0.05) is 21.5 Å². The molecule has 0 fully saturated rings. The summed E-state index contributed by atoms with van der Waals surface area (Å²) in [7, 11) is 0. The summed E-state index contributed by atoms with van der Waals surface area (Å²) in [6.45, 7) is 0. The lowest BCUT2D eigenvalue weighted by Crippen LogP contribution is -2.11. The second-order valence-corrected chi connectivity index (χ2v) is 5.58. The topological polar surface area (TPSA) is 49.3 Å². The van der Waals surface area contributed by atoms with E-state index in [1.54, 1.807) is 6.07 Å². The number of phenols is 1. The fourth-order valence-electron chi connectivity index (χ4n) is 1.95. The predicted molar refractivity (Wildman–Crippen MR) is 82.9 cm³/mol. The van der Waals surface area contributed by atoms with Gasteiger partial charge in [-0.1, -0.05) is 29.8 Å². The van der Waals surface area contributed by atoms with Crippen molar-refractivity contribution in [2.45, 2.75) is 0 Å². The largest absolute Gasteiger partial charge is 0.508 e. The molecule has 0 unspecified atom stereocenters. The van der Waals surface area contributed by atoms with Gasteiger partial charge in [-0.2, -0.15) is 0 Å². The number of aromatic hydroxyl groups is 1. The number of carbonyl (C=O) groups is 1. The Morgan fingerprint density at radius 1 is 1.20 bits per heavy atom. The van der Waals surface area contributed by atoms with Gasteiger partial charge in [0.15, 0.2) is 0 Å². The van der Waals surface area contributed by atoms with Crippen LogP contribution in [0.1, 0.15) is 10.4 Å². The highest BCUT2D eigenvalue weighted by atomic mass is 35.5. The number of carbonyl (C=O) groups excluding carboxylic acids is 1. The van der Waals surface area contributed by atoms with Crippen LogP contribution in [0.4, 0.5) is 5.69 Å². The summed E-state index contributed by atoms with van der Waals surface area (Å²) in [6, 6.07) is 12.2. The summed E-state index contributed by atoms with van der Waals surface area (Å²) in [5.74, 6) is -0.149. The third kappa shape index (κ3) is 2.35. The molecule has 0 saturated heterocycles. The number of hydrogen-bond donors (Lipinski definition) is 2. The van der Waals surface area contributed by atoms with Crippen LogP contribution in [0.25, 0.3) is 10.1 Å². The van der Waals surface area contributed by atoms with E-state index in [9.17, 15) is 9.90 Å². The number of fused-ring (bicyclic) bond motifs is 1. The van der Waals surface area contributed by atoms with Gasteiger partial charge in [-0.05, 0) is 18.2 Å². The number of phenolic OH excluding ortho intramolecular Hbond substituents is 1. The van der Waals surface area contributed by atoms with Crippen LogP contribution in [0.15, 0.2) is 47.8 Å². The minimum absolute atomic E-state index is 0.0639. The maximum absolute atomic E-state index is 12.3. The van der Waals surface area contributed by atoms with Gasteiger partial charge in [0.25, 0.3) is 5.91 Å². The smallest absolute Gasteiger partial charge is 0.257 e. The Labute approximate surface area is 124 Å². The van der Waals surface area contributed by atoms with Crippen LogP contribution in [-0.2, 0) is 0 Å². The molecule has 1 amide bonds. The average molecular weight is 304 g/mol. The van der Waals surface area contributed by atoms with Gasteiger partial charge in [-0.15, -0.1) is 11.3 Å². The van der Waals surface area contributed by atoms with Crippen LogP contribution in [0.5, 0.6) is 5.75 Å². The number of nitrogens with one attached hydrogen (secondary N) is 1. The summed E-state index contributed by atoms with van der Waals surface area (Å²) in [4.78, 5) is 12.3. The number of hydrogen-bond acceptors (Lipinski definition) is 3. The van der Waals surface area contributed by atoms with Crippen molar-refractivity contribution in [3.8, 4) is 5.75 Å². The van der Waals surface area contributed by atoms with Gasteiger partial charge < -0.3 is 10.4 Å². The van der Waals surface area contributed by atoms with E-state index >= 15 is 0 Å². The van der Waals surface area contributed by atoms with Crippen molar-refractivity contribution in [2.24, 2.45) is 0 Å². The Hall–Kier alpha value is -2.04. The summed E-state index contributed by atoms with van der Waals surface area (Å²) in [5, 5.41) is 15.1. The first-order valence-electron chi connectivity index (χ1n) is 5.91. The molecule has 0 atom stereocenters. The lowest BCUT2D eigenvalue weighted by atomic mass is 10.1. The number of anilines is 1. The molecule has 3 aromatic rings. The number of amides is 1. The molecule has 0 aliphatic carbocycles. The van der Waals surface area contributed by atoms with Crippen molar-refractivity contribution in [3.63, 3.8) is 0 Å². The molecule has 0 bridgehead atoms. The zero-order chi connectivity index (χ0) is 14.1. The number of halogens is 1. The van der Waals surface area contributed by atoms with E-state index in [4.69, 9.17) is 11.6 Å². The fourth-order valence-corrected chi connectivity index (χ4v) is 3.11. The second kappa shape index (κ2) is 5.15. The average Bonchev–Trinajstić information content (AvgIpc) is 2.86.